The molecule has 0 saturated heterocycles. The lowest BCUT2D eigenvalue weighted by atomic mass is 10.2. The summed E-state index contributed by atoms with van der Waals surface area (Å²) in [7, 11) is 0. The van der Waals surface area contributed by atoms with Gasteiger partial charge in [0, 0.05) is 6.54 Å². The van der Waals surface area contributed by atoms with Crippen molar-refractivity contribution in [3.8, 4) is 5.75 Å². The third-order valence-corrected chi connectivity index (χ3v) is 2.67. The molecule has 0 aliphatic heterocycles. The van der Waals surface area contributed by atoms with Crippen molar-refractivity contribution in [1.82, 2.24) is 5.32 Å². The number of carbonyl (C=O) groups excluding carboxylic acids is 3. The highest BCUT2D eigenvalue weighted by Gasteiger charge is 2.19. The minimum absolute atomic E-state index is 0.0149. The summed E-state index contributed by atoms with van der Waals surface area (Å²) >= 11 is 0. The van der Waals surface area contributed by atoms with Gasteiger partial charge < -0.3 is 25.8 Å². The van der Waals surface area contributed by atoms with Crippen molar-refractivity contribution in [2.45, 2.75) is 26.1 Å². The van der Waals surface area contributed by atoms with E-state index >= 15 is 0 Å². The topological polar surface area (TPSA) is 120 Å². The van der Waals surface area contributed by atoms with Gasteiger partial charge in [-0.05, 0) is 19.1 Å². The van der Waals surface area contributed by atoms with E-state index in [1.54, 1.807) is 0 Å². The van der Waals surface area contributed by atoms with Gasteiger partial charge in [-0.2, -0.15) is 8.78 Å². The van der Waals surface area contributed by atoms with Crippen molar-refractivity contribution in [1.29, 1.82) is 0 Å². The molecule has 0 aliphatic rings. The molecule has 10 heteroatoms. The summed E-state index contributed by atoms with van der Waals surface area (Å²) in [6.45, 7) is -1.77. The number of benzene rings is 1. The van der Waals surface area contributed by atoms with E-state index in [4.69, 9.17) is 10.5 Å². The van der Waals surface area contributed by atoms with Crippen LogP contribution in [0, 0.1) is 0 Å². The molecule has 0 bridgehead atoms. The normalized spacial score (nSPS) is 11.5. The summed E-state index contributed by atoms with van der Waals surface area (Å²) in [4.78, 5) is 33.9. The Bertz CT molecular complexity index is 598. The van der Waals surface area contributed by atoms with Crippen LogP contribution >= 0.6 is 0 Å². The molecule has 0 heterocycles. The molecule has 0 saturated carbocycles. The van der Waals surface area contributed by atoms with Gasteiger partial charge in [0.2, 0.25) is 0 Å². The summed E-state index contributed by atoms with van der Waals surface area (Å²) in [6.07, 6.45) is -1.35. The molecule has 0 unspecified atom stereocenters. The number of rotatable bonds is 8. The van der Waals surface area contributed by atoms with Gasteiger partial charge in [-0.25, -0.2) is 4.79 Å². The molecule has 0 spiro atoms. The second-order valence-electron chi connectivity index (χ2n) is 4.54. The number of esters is 1. The van der Waals surface area contributed by atoms with E-state index in [0.717, 1.165) is 0 Å². The zero-order valence-corrected chi connectivity index (χ0v) is 12.8. The quantitative estimate of drug-likeness (QED) is 0.612. The Morgan fingerprint density at radius 1 is 1.25 bits per heavy atom. The molecule has 0 fully saturated rings. The fraction of sp³-hybridized carbons (Fsp3) is 0.357. The Kier molecular flexibility index (Phi) is 7.40. The van der Waals surface area contributed by atoms with Gasteiger partial charge in [0.25, 0.3) is 5.91 Å². The first-order valence-corrected chi connectivity index (χ1v) is 6.87. The predicted molar refractivity (Wildman–Crippen MR) is 79.5 cm³/mol. The number of hydrogen-bond donors (Lipinski definition) is 3. The molecule has 132 valence electrons. The van der Waals surface area contributed by atoms with Crippen LogP contribution in [0.2, 0.25) is 0 Å². The Hall–Kier alpha value is -2.91. The van der Waals surface area contributed by atoms with Crippen molar-refractivity contribution in [3.05, 3.63) is 24.3 Å². The van der Waals surface area contributed by atoms with Crippen molar-refractivity contribution in [2.75, 3.05) is 11.9 Å². The number of carbonyl (C=O) groups is 3. The zero-order chi connectivity index (χ0) is 18.1. The Morgan fingerprint density at radius 3 is 2.54 bits per heavy atom. The Balaban J connectivity index is 2.55. The fourth-order valence-electron chi connectivity index (χ4n) is 1.60. The lowest BCUT2D eigenvalue weighted by molar-refractivity contribution is -0.153. The number of hydrogen-bond acceptors (Lipinski definition) is 5. The van der Waals surface area contributed by atoms with E-state index in [1.165, 1.54) is 31.2 Å². The number of primary amides is 1. The Labute approximate surface area is 136 Å². The summed E-state index contributed by atoms with van der Waals surface area (Å²) < 4.78 is 33.7. The largest absolute Gasteiger partial charge is 0.452 e. The second kappa shape index (κ2) is 9.28. The van der Waals surface area contributed by atoms with Crippen LogP contribution in [0.4, 0.5) is 19.3 Å². The van der Waals surface area contributed by atoms with E-state index in [9.17, 15) is 23.2 Å². The minimum Gasteiger partial charge on any atom is -0.452 e. The first-order valence-electron chi connectivity index (χ1n) is 6.87. The summed E-state index contributed by atoms with van der Waals surface area (Å²) in [5, 5.41) is 4.53. The highest BCUT2D eigenvalue weighted by Crippen LogP contribution is 2.25. The lowest BCUT2D eigenvalue weighted by Crippen LogP contribution is -2.33. The van der Waals surface area contributed by atoms with Crippen molar-refractivity contribution in [2.24, 2.45) is 5.73 Å². The third kappa shape index (κ3) is 6.90. The maximum atomic E-state index is 12.3. The molecule has 1 aromatic carbocycles. The van der Waals surface area contributed by atoms with Gasteiger partial charge in [-0.15, -0.1) is 0 Å². The number of halogens is 2. The van der Waals surface area contributed by atoms with E-state index in [1.807, 2.05) is 0 Å². The zero-order valence-electron chi connectivity index (χ0n) is 12.8. The van der Waals surface area contributed by atoms with Crippen molar-refractivity contribution < 1.29 is 32.6 Å². The number of para-hydroxylation sites is 2. The number of anilines is 1. The van der Waals surface area contributed by atoms with Gasteiger partial charge in [-0.3, -0.25) is 9.59 Å². The summed E-state index contributed by atoms with van der Waals surface area (Å²) in [5.74, 6) is -1.68. The molecular weight excluding hydrogens is 328 g/mol. The van der Waals surface area contributed by atoms with Crippen LogP contribution in [0.1, 0.15) is 13.3 Å². The van der Waals surface area contributed by atoms with E-state index in [0.29, 0.717) is 0 Å². The molecule has 1 rings (SSSR count). The smallest absolute Gasteiger partial charge is 0.387 e. The SMILES string of the molecule is C[C@@H](OC(=O)CCNC(N)=O)C(=O)Nc1ccccc1OC(F)F. The maximum Gasteiger partial charge on any atom is 0.387 e. The molecule has 24 heavy (non-hydrogen) atoms. The van der Waals surface area contributed by atoms with Gasteiger partial charge in [0.1, 0.15) is 5.75 Å². The number of ether oxygens (including phenoxy) is 2. The lowest BCUT2D eigenvalue weighted by Gasteiger charge is -2.15. The van der Waals surface area contributed by atoms with Crippen LogP contribution in [0.5, 0.6) is 5.75 Å². The second-order valence-corrected chi connectivity index (χ2v) is 4.54. The molecule has 1 aromatic rings. The standard InChI is InChI=1S/C14H17F2N3O5/c1-8(23-11(20)6-7-18-14(17)22)12(21)19-9-4-2-3-5-10(9)24-13(15)16/h2-5,8,13H,6-7H2,1H3,(H,19,21)(H3,17,18,22)/t8-/m1/s1. The molecule has 0 aromatic heterocycles. The van der Waals surface area contributed by atoms with Gasteiger partial charge >= 0.3 is 18.6 Å². The molecule has 3 amide bonds. The van der Waals surface area contributed by atoms with E-state index < -0.39 is 30.6 Å². The number of nitrogens with one attached hydrogen (secondary N) is 2. The molecule has 8 nitrogen and oxygen atoms in total. The fourth-order valence-corrected chi connectivity index (χ4v) is 1.60. The summed E-state index contributed by atoms with van der Waals surface area (Å²) in [5.41, 5.74) is 4.85. The van der Waals surface area contributed by atoms with Crippen LogP contribution < -0.4 is 21.1 Å². The highest BCUT2D eigenvalue weighted by atomic mass is 19.3. The maximum absolute atomic E-state index is 12.3. The molecule has 1 atom stereocenters. The molecule has 0 radical (unpaired) electrons. The average Bonchev–Trinajstić information content (AvgIpc) is 2.48. The third-order valence-electron chi connectivity index (χ3n) is 2.67. The first-order chi connectivity index (χ1) is 11.3. The summed E-state index contributed by atoms with van der Waals surface area (Å²) in [6, 6.07) is 4.81. The van der Waals surface area contributed by atoms with Crippen LogP contribution in [-0.4, -0.2) is 37.2 Å². The molecule has 4 N–H and O–H groups in total. The van der Waals surface area contributed by atoms with Crippen LogP contribution in [0.15, 0.2) is 24.3 Å². The van der Waals surface area contributed by atoms with Crippen molar-refractivity contribution in [3.63, 3.8) is 0 Å². The predicted octanol–water partition coefficient (Wildman–Crippen LogP) is 1.22. The Morgan fingerprint density at radius 2 is 1.92 bits per heavy atom. The highest BCUT2D eigenvalue weighted by molar-refractivity contribution is 5.96. The van der Waals surface area contributed by atoms with Gasteiger partial charge in [-0.1, -0.05) is 12.1 Å². The van der Waals surface area contributed by atoms with Gasteiger partial charge in [0.15, 0.2) is 6.10 Å². The molecular formula is C14H17F2N3O5. The van der Waals surface area contributed by atoms with Crippen LogP contribution in [0.3, 0.4) is 0 Å². The van der Waals surface area contributed by atoms with Crippen LogP contribution in [0.25, 0.3) is 0 Å². The average molecular weight is 345 g/mol. The number of amides is 3. The van der Waals surface area contributed by atoms with Crippen LogP contribution in [-0.2, 0) is 14.3 Å². The minimum atomic E-state index is -3.05. The number of alkyl halides is 2. The van der Waals surface area contributed by atoms with E-state index in [2.05, 4.69) is 15.4 Å². The first kappa shape index (κ1) is 19.1. The number of urea groups is 1. The molecule has 0 aliphatic carbocycles. The number of nitrogens with two attached hydrogens (primary N) is 1. The van der Waals surface area contributed by atoms with E-state index in [-0.39, 0.29) is 24.4 Å². The monoisotopic (exact) mass is 345 g/mol. The van der Waals surface area contributed by atoms with Gasteiger partial charge in [0.05, 0.1) is 12.1 Å². The van der Waals surface area contributed by atoms with Crippen molar-refractivity contribution >= 4 is 23.6 Å².